The van der Waals surface area contributed by atoms with E-state index < -0.39 is 18.2 Å². The topological polar surface area (TPSA) is 75.8 Å². The number of carbonyl (C=O) groups is 1. The Labute approximate surface area is 104 Å². The zero-order valence-electron chi connectivity index (χ0n) is 9.04. The van der Waals surface area contributed by atoms with E-state index in [4.69, 9.17) is 22.1 Å². The van der Waals surface area contributed by atoms with Gasteiger partial charge >= 0.3 is 6.03 Å². The van der Waals surface area contributed by atoms with Gasteiger partial charge in [-0.15, -0.1) is 0 Å². The highest BCUT2D eigenvalue weighted by Crippen LogP contribution is 2.20. The first-order valence-corrected chi connectivity index (χ1v) is 5.59. The van der Waals surface area contributed by atoms with E-state index in [1.165, 1.54) is 4.90 Å². The number of aliphatic hydroxyl groups is 1. The predicted molar refractivity (Wildman–Crippen MR) is 63.0 cm³/mol. The van der Waals surface area contributed by atoms with Crippen LogP contribution in [0.1, 0.15) is 0 Å². The molecule has 0 bridgehead atoms. The summed E-state index contributed by atoms with van der Waals surface area (Å²) in [4.78, 5) is 12.3. The van der Waals surface area contributed by atoms with Gasteiger partial charge in [0.2, 0.25) is 0 Å². The number of benzene rings is 1. The van der Waals surface area contributed by atoms with Crippen LogP contribution in [0.5, 0.6) is 5.75 Å². The SMILES string of the molecule is NC(=O)N1CC(O)C(Oc2ccc(Cl)cc2)C1. The molecule has 1 aromatic rings. The van der Waals surface area contributed by atoms with Gasteiger partial charge in [-0.2, -0.15) is 0 Å². The molecule has 0 aliphatic carbocycles. The largest absolute Gasteiger partial charge is 0.486 e. The molecule has 92 valence electrons. The van der Waals surface area contributed by atoms with Gasteiger partial charge in [0.05, 0.1) is 13.1 Å². The molecule has 5 nitrogen and oxygen atoms in total. The molecular formula is C11H13ClN2O3. The van der Waals surface area contributed by atoms with Crippen LogP contribution in [-0.2, 0) is 0 Å². The van der Waals surface area contributed by atoms with Gasteiger partial charge in [-0.3, -0.25) is 0 Å². The van der Waals surface area contributed by atoms with Gasteiger partial charge in [0.15, 0.2) is 0 Å². The minimum absolute atomic E-state index is 0.202. The van der Waals surface area contributed by atoms with Gasteiger partial charge in [0.1, 0.15) is 18.0 Å². The number of hydrogen-bond donors (Lipinski definition) is 2. The Morgan fingerprint density at radius 1 is 1.41 bits per heavy atom. The van der Waals surface area contributed by atoms with Gasteiger partial charge in [-0.1, -0.05) is 11.6 Å². The molecule has 1 aliphatic heterocycles. The van der Waals surface area contributed by atoms with Crippen LogP contribution in [0.15, 0.2) is 24.3 Å². The van der Waals surface area contributed by atoms with Crippen molar-refractivity contribution in [1.82, 2.24) is 4.90 Å². The van der Waals surface area contributed by atoms with Crippen LogP contribution in [0.2, 0.25) is 5.02 Å². The second-order valence-corrected chi connectivity index (χ2v) is 4.36. The summed E-state index contributed by atoms with van der Waals surface area (Å²) in [5, 5.41) is 10.3. The summed E-state index contributed by atoms with van der Waals surface area (Å²) in [7, 11) is 0. The van der Waals surface area contributed by atoms with Gasteiger partial charge in [-0.05, 0) is 24.3 Å². The van der Waals surface area contributed by atoms with Crippen molar-refractivity contribution < 1.29 is 14.6 Å². The number of amides is 2. The van der Waals surface area contributed by atoms with Gasteiger partial charge in [0, 0.05) is 5.02 Å². The van der Waals surface area contributed by atoms with Crippen molar-refractivity contribution in [3.05, 3.63) is 29.3 Å². The molecule has 2 amide bonds. The molecule has 0 saturated carbocycles. The second-order valence-electron chi connectivity index (χ2n) is 3.92. The van der Waals surface area contributed by atoms with E-state index in [0.717, 1.165) is 0 Å². The maximum absolute atomic E-state index is 11.0. The summed E-state index contributed by atoms with van der Waals surface area (Å²) >= 11 is 5.75. The van der Waals surface area contributed by atoms with Crippen LogP contribution in [0.4, 0.5) is 4.79 Å². The maximum atomic E-state index is 11.0. The monoisotopic (exact) mass is 256 g/mol. The third-order valence-electron chi connectivity index (χ3n) is 2.65. The number of nitrogens with two attached hydrogens (primary N) is 1. The highest BCUT2D eigenvalue weighted by molar-refractivity contribution is 6.30. The molecule has 17 heavy (non-hydrogen) atoms. The first-order chi connectivity index (χ1) is 8.06. The number of nitrogens with zero attached hydrogens (tertiary/aromatic N) is 1. The van der Waals surface area contributed by atoms with Crippen molar-refractivity contribution in [2.75, 3.05) is 13.1 Å². The predicted octanol–water partition coefficient (Wildman–Crippen LogP) is 0.843. The zero-order chi connectivity index (χ0) is 12.4. The molecule has 1 saturated heterocycles. The summed E-state index contributed by atoms with van der Waals surface area (Å²) in [5.41, 5.74) is 5.14. The van der Waals surface area contributed by atoms with Gasteiger partial charge < -0.3 is 20.5 Å². The molecule has 0 spiro atoms. The number of hydrogen-bond acceptors (Lipinski definition) is 3. The van der Waals surface area contributed by atoms with Crippen LogP contribution in [0, 0.1) is 0 Å². The van der Waals surface area contributed by atoms with Crippen molar-refractivity contribution in [3.63, 3.8) is 0 Å². The lowest BCUT2D eigenvalue weighted by Crippen LogP contribution is -2.35. The van der Waals surface area contributed by atoms with Crippen LogP contribution in [-0.4, -0.2) is 41.3 Å². The quantitative estimate of drug-likeness (QED) is 0.823. The standard InChI is InChI=1S/C11H13ClN2O3/c12-7-1-3-8(4-2-7)17-10-6-14(11(13)16)5-9(10)15/h1-4,9-10,15H,5-6H2,(H2,13,16). The summed E-state index contributed by atoms with van der Waals surface area (Å²) < 4.78 is 5.56. The number of β-amino-alcohol motifs (C(OH)–C–C–N with tert-alkyl or cyclic N) is 1. The molecule has 2 unspecified atom stereocenters. The van der Waals surface area contributed by atoms with E-state index in [-0.39, 0.29) is 6.54 Å². The van der Waals surface area contributed by atoms with E-state index in [1.807, 2.05) is 0 Å². The molecule has 3 N–H and O–H groups in total. The Morgan fingerprint density at radius 3 is 2.59 bits per heavy atom. The zero-order valence-corrected chi connectivity index (χ0v) is 9.80. The fraction of sp³-hybridized carbons (Fsp3) is 0.364. The lowest BCUT2D eigenvalue weighted by atomic mass is 10.2. The van der Waals surface area contributed by atoms with Crippen LogP contribution in [0.25, 0.3) is 0 Å². The Hall–Kier alpha value is -1.46. The fourth-order valence-corrected chi connectivity index (χ4v) is 1.87. The fourth-order valence-electron chi connectivity index (χ4n) is 1.74. The van der Waals surface area contributed by atoms with Crippen LogP contribution < -0.4 is 10.5 Å². The van der Waals surface area contributed by atoms with E-state index in [1.54, 1.807) is 24.3 Å². The van der Waals surface area contributed by atoms with Crippen molar-refractivity contribution in [2.24, 2.45) is 5.73 Å². The number of aliphatic hydroxyl groups excluding tert-OH is 1. The van der Waals surface area contributed by atoms with E-state index >= 15 is 0 Å². The van der Waals surface area contributed by atoms with E-state index in [9.17, 15) is 9.90 Å². The van der Waals surface area contributed by atoms with Crippen LogP contribution in [0.3, 0.4) is 0 Å². The molecule has 0 aromatic heterocycles. The van der Waals surface area contributed by atoms with Crippen molar-refractivity contribution >= 4 is 17.6 Å². The normalized spacial score (nSPS) is 23.8. The Morgan fingerprint density at radius 2 is 2.06 bits per heavy atom. The number of ether oxygens (including phenoxy) is 1. The van der Waals surface area contributed by atoms with E-state index in [2.05, 4.69) is 0 Å². The summed E-state index contributed by atoms with van der Waals surface area (Å²) in [6.45, 7) is 0.493. The van der Waals surface area contributed by atoms with Gasteiger partial charge in [0.25, 0.3) is 0 Å². The summed E-state index contributed by atoms with van der Waals surface area (Å²) in [6.07, 6.45) is -1.18. The molecule has 1 aromatic carbocycles. The van der Waals surface area contributed by atoms with E-state index in [0.29, 0.717) is 17.3 Å². The number of carbonyl (C=O) groups excluding carboxylic acids is 1. The van der Waals surface area contributed by atoms with Crippen molar-refractivity contribution in [2.45, 2.75) is 12.2 Å². The second kappa shape index (κ2) is 4.81. The highest BCUT2D eigenvalue weighted by Gasteiger charge is 2.34. The Kier molecular flexibility index (Phi) is 3.40. The molecular weight excluding hydrogens is 244 g/mol. The highest BCUT2D eigenvalue weighted by atomic mass is 35.5. The number of urea groups is 1. The molecule has 6 heteroatoms. The summed E-state index contributed by atoms with van der Waals surface area (Å²) in [6, 6.07) is 6.27. The Bertz CT molecular complexity index is 410. The van der Waals surface area contributed by atoms with Gasteiger partial charge in [-0.25, -0.2) is 4.79 Å². The third kappa shape index (κ3) is 2.81. The number of primary amides is 1. The lowest BCUT2D eigenvalue weighted by Gasteiger charge is -2.16. The molecule has 1 heterocycles. The van der Waals surface area contributed by atoms with Crippen molar-refractivity contribution in [3.8, 4) is 5.75 Å². The van der Waals surface area contributed by atoms with Crippen molar-refractivity contribution in [1.29, 1.82) is 0 Å². The average Bonchev–Trinajstić information content (AvgIpc) is 2.64. The first kappa shape index (κ1) is 12.0. The lowest BCUT2D eigenvalue weighted by molar-refractivity contribution is 0.0737. The molecule has 1 aliphatic rings. The minimum Gasteiger partial charge on any atom is -0.486 e. The molecule has 2 rings (SSSR count). The Balaban J connectivity index is 2.00. The third-order valence-corrected chi connectivity index (χ3v) is 2.90. The first-order valence-electron chi connectivity index (χ1n) is 5.21. The minimum atomic E-state index is -0.724. The molecule has 0 radical (unpaired) electrons. The summed E-state index contributed by atoms with van der Waals surface area (Å²) in [5.74, 6) is 0.602. The molecule has 2 atom stereocenters. The smallest absolute Gasteiger partial charge is 0.315 e. The van der Waals surface area contributed by atoms with Crippen LogP contribution >= 0.6 is 11.6 Å². The number of halogens is 1. The number of rotatable bonds is 2. The maximum Gasteiger partial charge on any atom is 0.315 e. The average molecular weight is 257 g/mol. The number of likely N-dealkylation sites (tertiary alicyclic amines) is 1. The molecule has 1 fully saturated rings.